The number of ether oxygens (including phenoxy) is 2. The summed E-state index contributed by atoms with van der Waals surface area (Å²) >= 11 is 0. The molecule has 1 aliphatic rings. The predicted octanol–water partition coefficient (Wildman–Crippen LogP) is 2.03. The van der Waals surface area contributed by atoms with E-state index in [1.54, 1.807) is 12.4 Å². The van der Waals surface area contributed by atoms with Crippen LogP contribution in [0.15, 0.2) is 55.0 Å². The van der Waals surface area contributed by atoms with Crippen LogP contribution in [0.1, 0.15) is 5.56 Å². The molecule has 0 radical (unpaired) electrons. The first-order chi connectivity index (χ1) is 12.8. The normalized spacial score (nSPS) is 12.2. The number of imidazole rings is 1. The van der Waals surface area contributed by atoms with Crippen LogP contribution in [0.3, 0.4) is 0 Å². The van der Waals surface area contributed by atoms with E-state index in [2.05, 4.69) is 15.3 Å². The Bertz CT molecular complexity index is 908. The molecule has 1 amide bonds. The number of nitrogens with zero attached hydrogens (tertiary/aromatic N) is 3. The fraction of sp³-hybridized carbons (Fsp3) is 0.211. The number of hydrogen-bond donors (Lipinski definition) is 1. The zero-order chi connectivity index (χ0) is 17.8. The van der Waals surface area contributed by atoms with Gasteiger partial charge in [-0.05, 0) is 29.8 Å². The lowest BCUT2D eigenvalue weighted by Gasteiger charge is -2.09. The van der Waals surface area contributed by atoms with E-state index in [1.165, 1.54) is 0 Å². The van der Waals surface area contributed by atoms with Crippen molar-refractivity contribution < 1.29 is 14.3 Å². The van der Waals surface area contributed by atoms with Crippen molar-refractivity contribution in [3.8, 4) is 23.0 Å². The molecule has 132 valence electrons. The van der Waals surface area contributed by atoms with E-state index in [0.29, 0.717) is 25.3 Å². The summed E-state index contributed by atoms with van der Waals surface area (Å²) in [6, 6.07) is 11.3. The van der Waals surface area contributed by atoms with Gasteiger partial charge in [-0.15, -0.1) is 0 Å². The van der Waals surface area contributed by atoms with Crippen molar-refractivity contribution in [2.45, 2.75) is 13.0 Å². The molecule has 1 aromatic carbocycles. The minimum atomic E-state index is -0.0385. The molecule has 3 heterocycles. The first kappa shape index (κ1) is 16.1. The number of rotatable bonds is 6. The minimum absolute atomic E-state index is 0.0385. The number of carbonyl (C=O) groups excluding carboxylic acids is 1. The van der Waals surface area contributed by atoms with E-state index in [9.17, 15) is 4.79 Å². The molecule has 0 atom stereocenters. The Hall–Kier alpha value is -3.35. The van der Waals surface area contributed by atoms with E-state index in [1.807, 2.05) is 47.2 Å². The molecule has 7 heteroatoms. The molecule has 2 aromatic heterocycles. The van der Waals surface area contributed by atoms with E-state index in [-0.39, 0.29) is 12.7 Å². The van der Waals surface area contributed by atoms with Crippen LogP contribution in [0, 0.1) is 0 Å². The van der Waals surface area contributed by atoms with E-state index in [0.717, 1.165) is 22.8 Å². The lowest BCUT2D eigenvalue weighted by molar-refractivity contribution is -0.120. The number of aromatic nitrogens is 3. The van der Waals surface area contributed by atoms with Crippen molar-refractivity contribution in [2.75, 3.05) is 13.3 Å². The van der Waals surface area contributed by atoms with E-state index in [4.69, 9.17) is 9.47 Å². The molecule has 0 saturated carbocycles. The molecule has 3 aromatic rings. The zero-order valence-electron chi connectivity index (χ0n) is 14.1. The molecule has 26 heavy (non-hydrogen) atoms. The molecular weight excluding hydrogens is 332 g/mol. The molecule has 0 bridgehead atoms. The Morgan fingerprint density at radius 1 is 1.12 bits per heavy atom. The van der Waals surface area contributed by atoms with Crippen LogP contribution in [-0.4, -0.2) is 33.8 Å². The van der Waals surface area contributed by atoms with Gasteiger partial charge in [-0.1, -0.05) is 12.1 Å². The van der Waals surface area contributed by atoms with Gasteiger partial charge in [-0.2, -0.15) is 0 Å². The quantitative estimate of drug-likeness (QED) is 0.736. The molecule has 1 aliphatic heterocycles. The molecule has 0 aliphatic carbocycles. The van der Waals surface area contributed by atoms with Crippen molar-refractivity contribution in [1.82, 2.24) is 19.9 Å². The predicted molar refractivity (Wildman–Crippen MR) is 94.7 cm³/mol. The lowest BCUT2D eigenvalue weighted by atomic mass is 10.1. The van der Waals surface area contributed by atoms with Crippen LogP contribution >= 0.6 is 0 Å². The van der Waals surface area contributed by atoms with Crippen LogP contribution in [0.25, 0.3) is 11.5 Å². The van der Waals surface area contributed by atoms with Crippen LogP contribution < -0.4 is 14.8 Å². The Kier molecular flexibility index (Phi) is 4.51. The number of benzene rings is 1. The van der Waals surface area contributed by atoms with Crippen molar-refractivity contribution in [3.05, 3.63) is 60.6 Å². The maximum absolute atomic E-state index is 12.2. The zero-order valence-corrected chi connectivity index (χ0v) is 14.1. The Labute approximate surface area is 150 Å². The number of carbonyl (C=O) groups is 1. The molecule has 7 nitrogen and oxygen atoms in total. The van der Waals surface area contributed by atoms with Crippen LogP contribution in [0.2, 0.25) is 0 Å². The average molecular weight is 350 g/mol. The fourth-order valence-corrected chi connectivity index (χ4v) is 2.83. The van der Waals surface area contributed by atoms with E-state index >= 15 is 0 Å². The first-order valence-corrected chi connectivity index (χ1v) is 8.37. The van der Waals surface area contributed by atoms with Gasteiger partial charge >= 0.3 is 0 Å². The van der Waals surface area contributed by atoms with Crippen LogP contribution in [-0.2, 0) is 17.8 Å². The Morgan fingerprint density at radius 3 is 2.92 bits per heavy atom. The Balaban J connectivity index is 1.31. The summed E-state index contributed by atoms with van der Waals surface area (Å²) in [6.07, 6.45) is 5.65. The smallest absolute Gasteiger partial charge is 0.231 e. The second-order valence-corrected chi connectivity index (χ2v) is 5.87. The topological polar surface area (TPSA) is 78.3 Å². The third-order valence-electron chi connectivity index (χ3n) is 4.09. The molecule has 0 fully saturated rings. The summed E-state index contributed by atoms with van der Waals surface area (Å²) in [4.78, 5) is 20.8. The maximum atomic E-state index is 12.2. The molecule has 0 saturated heterocycles. The number of fused-ring (bicyclic) bond motifs is 1. The standard InChI is InChI=1S/C19H18N4O3/c24-18(12-14-4-5-16-17(11-14)26-13-25-16)21-7-9-23-10-8-22-19(23)15-3-1-2-6-20-15/h1-6,8,10-11H,7,9,12-13H2,(H,21,24). The van der Waals surface area contributed by atoms with E-state index < -0.39 is 0 Å². The largest absolute Gasteiger partial charge is 0.454 e. The summed E-state index contributed by atoms with van der Waals surface area (Å²) in [7, 11) is 0. The fourth-order valence-electron chi connectivity index (χ4n) is 2.83. The van der Waals surface area contributed by atoms with Gasteiger partial charge in [0.25, 0.3) is 0 Å². The molecule has 0 unspecified atom stereocenters. The van der Waals surface area contributed by atoms with Crippen molar-refractivity contribution in [2.24, 2.45) is 0 Å². The third-order valence-corrected chi connectivity index (χ3v) is 4.09. The van der Waals surface area contributed by atoms with Gasteiger partial charge in [0.05, 0.1) is 6.42 Å². The second kappa shape index (κ2) is 7.26. The van der Waals surface area contributed by atoms with Gasteiger partial charge in [-0.3, -0.25) is 9.78 Å². The van der Waals surface area contributed by atoms with Gasteiger partial charge in [0.2, 0.25) is 12.7 Å². The summed E-state index contributed by atoms with van der Waals surface area (Å²) in [6.45, 7) is 1.37. The average Bonchev–Trinajstić information content (AvgIpc) is 3.31. The Morgan fingerprint density at radius 2 is 2.04 bits per heavy atom. The van der Waals surface area contributed by atoms with Crippen molar-refractivity contribution in [3.63, 3.8) is 0 Å². The van der Waals surface area contributed by atoms with Gasteiger partial charge in [0.15, 0.2) is 17.3 Å². The molecule has 0 spiro atoms. The lowest BCUT2D eigenvalue weighted by Crippen LogP contribution is -2.28. The number of pyridine rings is 1. The van der Waals surface area contributed by atoms with Crippen LogP contribution in [0.5, 0.6) is 11.5 Å². The number of nitrogens with one attached hydrogen (secondary N) is 1. The summed E-state index contributed by atoms with van der Waals surface area (Å²) < 4.78 is 12.6. The number of hydrogen-bond acceptors (Lipinski definition) is 5. The summed E-state index contributed by atoms with van der Waals surface area (Å²) in [5, 5.41) is 2.94. The maximum Gasteiger partial charge on any atom is 0.231 e. The third kappa shape index (κ3) is 3.51. The minimum Gasteiger partial charge on any atom is -0.454 e. The summed E-state index contributed by atoms with van der Waals surface area (Å²) in [5.41, 5.74) is 1.70. The van der Waals surface area contributed by atoms with Gasteiger partial charge in [0.1, 0.15) is 5.69 Å². The number of amides is 1. The highest BCUT2D eigenvalue weighted by atomic mass is 16.7. The second-order valence-electron chi connectivity index (χ2n) is 5.87. The monoisotopic (exact) mass is 350 g/mol. The van der Waals surface area contributed by atoms with Crippen LogP contribution in [0.4, 0.5) is 0 Å². The molecule has 4 rings (SSSR count). The van der Waals surface area contributed by atoms with Gasteiger partial charge in [0, 0.05) is 31.7 Å². The highest BCUT2D eigenvalue weighted by Gasteiger charge is 2.14. The SMILES string of the molecule is O=C(Cc1ccc2c(c1)OCO2)NCCn1ccnc1-c1ccccn1. The molecular formula is C19H18N4O3. The first-order valence-electron chi connectivity index (χ1n) is 8.37. The summed E-state index contributed by atoms with van der Waals surface area (Å²) in [5.74, 6) is 2.16. The van der Waals surface area contributed by atoms with Gasteiger partial charge in [-0.25, -0.2) is 4.98 Å². The highest BCUT2D eigenvalue weighted by Crippen LogP contribution is 2.32. The highest BCUT2D eigenvalue weighted by molar-refractivity contribution is 5.78. The molecule has 1 N–H and O–H groups in total. The van der Waals surface area contributed by atoms with Crippen molar-refractivity contribution in [1.29, 1.82) is 0 Å². The van der Waals surface area contributed by atoms with Gasteiger partial charge < -0.3 is 19.4 Å². The van der Waals surface area contributed by atoms with Crippen molar-refractivity contribution >= 4 is 5.91 Å².